The summed E-state index contributed by atoms with van der Waals surface area (Å²) >= 11 is 0. The maximum atomic E-state index is 10.7. The zero-order chi connectivity index (χ0) is 15.3. The molecule has 2 N–H and O–H groups in total. The Kier molecular flexibility index (Phi) is 13.0. The second-order valence-corrected chi connectivity index (χ2v) is 4.41. The SMILES string of the molecule is C=CC(=O)OCCC(C)CCC=C(C)C.O=C(O)O. The van der Waals surface area contributed by atoms with Gasteiger partial charge in [-0.25, -0.2) is 9.59 Å². The molecule has 0 saturated carbocycles. The number of rotatable bonds is 7. The Labute approximate surface area is 114 Å². The fourth-order valence-corrected chi connectivity index (χ4v) is 1.22. The molecule has 110 valence electrons. The van der Waals surface area contributed by atoms with E-state index >= 15 is 0 Å². The van der Waals surface area contributed by atoms with Crippen LogP contribution in [0.1, 0.15) is 40.0 Å². The highest BCUT2D eigenvalue weighted by Crippen LogP contribution is 2.11. The van der Waals surface area contributed by atoms with Gasteiger partial charge >= 0.3 is 12.1 Å². The molecule has 1 unspecified atom stereocenters. The van der Waals surface area contributed by atoms with E-state index in [0.29, 0.717) is 12.5 Å². The molecule has 0 aromatic rings. The van der Waals surface area contributed by atoms with Crippen LogP contribution in [0.25, 0.3) is 0 Å². The van der Waals surface area contributed by atoms with Crippen LogP contribution < -0.4 is 0 Å². The normalized spacial score (nSPS) is 10.5. The van der Waals surface area contributed by atoms with Crippen molar-refractivity contribution in [1.29, 1.82) is 0 Å². The van der Waals surface area contributed by atoms with Crippen molar-refractivity contribution in [1.82, 2.24) is 0 Å². The lowest BCUT2D eigenvalue weighted by Gasteiger charge is -2.09. The number of allylic oxidation sites excluding steroid dienone is 2. The topological polar surface area (TPSA) is 83.8 Å². The molecule has 19 heavy (non-hydrogen) atoms. The predicted molar refractivity (Wildman–Crippen MR) is 74.3 cm³/mol. The monoisotopic (exact) mass is 272 g/mol. The van der Waals surface area contributed by atoms with E-state index in [2.05, 4.69) is 33.4 Å². The number of carbonyl (C=O) groups excluding carboxylic acids is 1. The van der Waals surface area contributed by atoms with Gasteiger partial charge in [0.2, 0.25) is 0 Å². The van der Waals surface area contributed by atoms with Gasteiger partial charge in [0.1, 0.15) is 0 Å². The van der Waals surface area contributed by atoms with Crippen LogP contribution in [0.3, 0.4) is 0 Å². The molecule has 0 aromatic carbocycles. The first-order chi connectivity index (χ1) is 8.79. The summed E-state index contributed by atoms with van der Waals surface area (Å²) in [5.74, 6) is 0.268. The van der Waals surface area contributed by atoms with Crippen LogP contribution in [0, 0.1) is 5.92 Å². The van der Waals surface area contributed by atoms with Crippen LogP contribution in [0.15, 0.2) is 24.3 Å². The van der Waals surface area contributed by atoms with Crippen molar-refractivity contribution in [3.8, 4) is 0 Å². The van der Waals surface area contributed by atoms with E-state index in [1.165, 1.54) is 11.6 Å². The average Bonchev–Trinajstić information content (AvgIpc) is 2.27. The fourth-order valence-electron chi connectivity index (χ4n) is 1.22. The smallest absolute Gasteiger partial charge is 0.463 e. The summed E-state index contributed by atoms with van der Waals surface area (Å²) in [5.41, 5.74) is 1.36. The van der Waals surface area contributed by atoms with Gasteiger partial charge in [-0.2, -0.15) is 0 Å². The molecule has 0 aliphatic rings. The molecule has 0 aromatic heterocycles. The van der Waals surface area contributed by atoms with Crippen LogP contribution in [-0.2, 0) is 9.53 Å². The van der Waals surface area contributed by atoms with Crippen LogP contribution in [0.5, 0.6) is 0 Å². The quantitative estimate of drug-likeness (QED) is 0.419. The molecule has 0 heterocycles. The van der Waals surface area contributed by atoms with Gasteiger partial charge in [0.25, 0.3) is 0 Å². The van der Waals surface area contributed by atoms with Gasteiger partial charge in [0.15, 0.2) is 0 Å². The lowest BCUT2D eigenvalue weighted by Crippen LogP contribution is -2.06. The summed E-state index contributed by atoms with van der Waals surface area (Å²) in [4.78, 5) is 19.3. The summed E-state index contributed by atoms with van der Waals surface area (Å²) in [7, 11) is 0. The molecule has 1 atom stereocenters. The van der Waals surface area contributed by atoms with Crippen LogP contribution >= 0.6 is 0 Å². The first-order valence-corrected chi connectivity index (χ1v) is 6.14. The number of carboxylic acid groups (broad SMARTS) is 2. The summed E-state index contributed by atoms with van der Waals surface area (Å²) in [5, 5.41) is 13.9. The Hall–Kier alpha value is -1.78. The van der Waals surface area contributed by atoms with Crippen molar-refractivity contribution >= 4 is 12.1 Å². The van der Waals surface area contributed by atoms with Gasteiger partial charge in [0, 0.05) is 6.08 Å². The van der Waals surface area contributed by atoms with Crippen molar-refractivity contribution in [3.63, 3.8) is 0 Å². The van der Waals surface area contributed by atoms with Gasteiger partial charge in [-0.1, -0.05) is 25.2 Å². The highest BCUT2D eigenvalue weighted by atomic mass is 16.6. The van der Waals surface area contributed by atoms with Crippen LogP contribution in [-0.4, -0.2) is 28.9 Å². The Balaban J connectivity index is 0. The molecule has 0 aliphatic heterocycles. The summed E-state index contributed by atoms with van der Waals surface area (Å²) in [6.07, 6.45) is 4.80. The lowest BCUT2D eigenvalue weighted by molar-refractivity contribution is -0.138. The van der Waals surface area contributed by atoms with Gasteiger partial charge in [-0.3, -0.25) is 0 Å². The van der Waals surface area contributed by atoms with Crippen molar-refractivity contribution in [2.75, 3.05) is 6.61 Å². The van der Waals surface area contributed by atoms with Gasteiger partial charge < -0.3 is 14.9 Å². The molecule has 0 aliphatic carbocycles. The molecule has 0 amide bonds. The molecule has 0 radical (unpaired) electrons. The van der Waals surface area contributed by atoms with Crippen molar-refractivity contribution < 1.29 is 24.5 Å². The number of ether oxygens (including phenoxy) is 1. The highest BCUT2D eigenvalue weighted by Gasteiger charge is 2.02. The van der Waals surface area contributed by atoms with E-state index < -0.39 is 6.16 Å². The Morgan fingerprint density at radius 1 is 1.26 bits per heavy atom. The first-order valence-electron chi connectivity index (χ1n) is 6.14. The Bertz CT molecular complexity index is 299. The van der Waals surface area contributed by atoms with Gasteiger partial charge in [0.05, 0.1) is 6.61 Å². The Morgan fingerprint density at radius 3 is 2.21 bits per heavy atom. The molecule has 0 rings (SSSR count). The second kappa shape index (κ2) is 12.7. The standard InChI is InChI=1S/C13H22O2.CH2O3/c1-5-13(14)15-10-9-12(4)8-6-7-11(2)3;2-1(3)4/h5,7,12H,1,6,8-10H2,2-4H3;(H2,2,3,4). The van der Waals surface area contributed by atoms with Crippen LogP contribution in [0.2, 0.25) is 0 Å². The number of hydrogen-bond donors (Lipinski definition) is 2. The minimum atomic E-state index is -1.83. The zero-order valence-electron chi connectivity index (χ0n) is 11.9. The van der Waals surface area contributed by atoms with E-state index in [9.17, 15) is 4.79 Å². The van der Waals surface area contributed by atoms with E-state index in [-0.39, 0.29) is 5.97 Å². The third kappa shape index (κ3) is 22.0. The molecule has 0 bridgehead atoms. The average molecular weight is 272 g/mol. The highest BCUT2D eigenvalue weighted by molar-refractivity contribution is 5.81. The third-order valence-electron chi connectivity index (χ3n) is 2.23. The predicted octanol–water partition coefficient (Wildman–Crippen LogP) is 3.71. The van der Waals surface area contributed by atoms with E-state index in [0.717, 1.165) is 19.3 Å². The summed E-state index contributed by atoms with van der Waals surface area (Å²) in [6.45, 7) is 10.2. The zero-order valence-corrected chi connectivity index (χ0v) is 11.9. The lowest BCUT2D eigenvalue weighted by atomic mass is 10.0. The van der Waals surface area contributed by atoms with E-state index in [4.69, 9.17) is 19.7 Å². The van der Waals surface area contributed by atoms with Crippen molar-refractivity contribution in [2.24, 2.45) is 5.92 Å². The molecule has 0 spiro atoms. The molecular formula is C14H24O5. The minimum Gasteiger partial charge on any atom is -0.463 e. The van der Waals surface area contributed by atoms with Gasteiger partial charge in [-0.05, 0) is 39.0 Å². The van der Waals surface area contributed by atoms with Crippen molar-refractivity contribution in [3.05, 3.63) is 24.3 Å². The molecule has 0 fully saturated rings. The number of carbonyl (C=O) groups is 2. The Morgan fingerprint density at radius 2 is 1.79 bits per heavy atom. The van der Waals surface area contributed by atoms with Crippen LogP contribution in [0.4, 0.5) is 4.79 Å². The molecule has 0 saturated heterocycles. The fraction of sp³-hybridized carbons (Fsp3) is 0.571. The molecule has 5 nitrogen and oxygen atoms in total. The van der Waals surface area contributed by atoms with Crippen molar-refractivity contribution in [2.45, 2.75) is 40.0 Å². The third-order valence-corrected chi connectivity index (χ3v) is 2.23. The summed E-state index contributed by atoms with van der Waals surface area (Å²) < 4.78 is 4.92. The first kappa shape index (κ1) is 19.6. The maximum absolute atomic E-state index is 10.7. The number of esters is 1. The molecular weight excluding hydrogens is 248 g/mol. The van der Waals surface area contributed by atoms with E-state index in [1.807, 2.05) is 0 Å². The van der Waals surface area contributed by atoms with E-state index in [1.54, 1.807) is 0 Å². The minimum absolute atomic E-state index is 0.327. The largest absolute Gasteiger partial charge is 0.503 e. The number of hydrogen-bond acceptors (Lipinski definition) is 3. The maximum Gasteiger partial charge on any atom is 0.503 e. The summed E-state index contributed by atoms with van der Waals surface area (Å²) in [6, 6.07) is 0. The van der Waals surface area contributed by atoms with Gasteiger partial charge in [-0.15, -0.1) is 0 Å². The second-order valence-electron chi connectivity index (χ2n) is 4.41. The molecule has 5 heteroatoms.